The van der Waals surface area contributed by atoms with Gasteiger partial charge in [0, 0.05) is 76.1 Å². The average Bonchev–Trinajstić information content (AvgIpc) is 3.77. The number of amides is 3. The highest BCUT2D eigenvalue weighted by atomic mass is 16.5. The molecule has 1 saturated carbocycles. The Morgan fingerprint density at radius 3 is 2.43 bits per heavy atom. The minimum Gasteiger partial charge on any atom is -0.493 e. The summed E-state index contributed by atoms with van der Waals surface area (Å²) in [5.74, 6) is 0.878. The SMILES string of the molecule is COCCCOc1cc(C(=O)N(C[C@@H]2CNC[C@H]2CN(C(=O)C2CC(=O)Nc3ccccc32)C2CC2)C(C)C)ccc1OC. The van der Waals surface area contributed by atoms with Crippen molar-refractivity contribution in [3.8, 4) is 11.5 Å². The van der Waals surface area contributed by atoms with Gasteiger partial charge in [-0.25, -0.2) is 0 Å². The van der Waals surface area contributed by atoms with Gasteiger partial charge in [-0.1, -0.05) is 18.2 Å². The summed E-state index contributed by atoms with van der Waals surface area (Å²) in [6.07, 6.45) is 2.87. The lowest BCUT2D eigenvalue weighted by molar-refractivity contribution is -0.136. The summed E-state index contributed by atoms with van der Waals surface area (Å²) >= 11 is 0. The summed E-state index contributed by atoms with van der Waals surface area (Å²) in [4.78, 5) is 44.4. The van der Waals surface area contributed by atoms with Crippen LogP contribution in [0.3, 0.4) is 0 Å². The van der Waals surface area contributed by atoms with E-state index in [9.17, 15) is 14.4 Å². The third-order valence-electron chi connectivity index (χ3n) is 8.96. The number of anilines is 1. The smallest absolute Gasteiger partial charge is 0.254 e. The number of nitrogens with zero attached hydrogens (tertiary/aromatic N) is 2. The molecule has 238 valence electrons. The van der Waals surface area contributed by atoms with Crippen molar-refractivity contribution in [1.29, 1.82) is 0 Å². The number of nitrogens with one attached hydrogen (secondary N) is 2. The predicted molar refractivity (Wildman–Crippen MR) is 168 cm³/mol. The average molecular weight is 607 g/mol. The molecule has 10 nitrogen and oxygen atoms in total. The van der Waals surface area contributed by atoms with Gasteiger partial charge in [0.15, 0.2) is 11.5 Å². The maximum absolute atomic E-state index is 14.0. The molecule has 44 heavy (non-hydrogen) atoms. The summed E-state index contributed by atoms with van der Waals surface area (Å²) in [7, 11) is 3.24. The maximum atomic E-state index is 14.0. The summed E-state index contributed by atoms with van der Waals surface area (Å²) in [6, 6.07) is 13.1. The van der Waals surface area contributed by atoms with Gasteiger partial charge >= 0.3 is 0 Å². The molecular weight excluding hydrogens is 560 g/mol. The van der Waals surface area contributed by atoms with Crippen molar-refractivity contribution in [3.63, 3.8) is 0 Å². The number of benzene rings is 2. The molecule has 2 aromatic carbocycles. The van der Waals surface area contributed by atoms with Gasteiger partial charge in [0.05, 0.1) is 19.6 Å². The first kappa shape index (κ1) is 31.8. The van der Waals surface area contributed by atoms with Crippen molar-refractivity contribution >= 4 is 23.4 Å². The van der Waals surface area contributed by atoms with Crippen molar-refractivity contribution in [1.82, 2.24) is 15.1 Å². The van der Waals surface area contributed by atoms with Gasteiger partial charge < -0.3 is 34.6 Å². The molecular formula is C34H46N4O6. The number of fused-ring (bicyclic) bond motifs is 1. The van der Waals surface area contributed by atoms with Crippen LogP contribution in [0.5, 0.6) is 11.5 Å². The highest BCUT2D eigenvalue weighted by Gasteiger charge is 2.42. The number of ether oxygens (including phenoxy) is 3. The number of carbonyl (C=O) groups is 3. The first-order chi connectivity index (χ1) is 21.3. The van der Waals surface area contributed by atoms with Crippen LogP contribution < -0.4 is 20.1 Å². The van der Waals surface area contributed by atoms with Crippen LogP contribution in [0, 0.1) is 11.8 Å². The molecule has 1 unspecified atom stereocenters. The van der Waals surface area contributed by atoms with Crippen LogP contribution in [0.2, 0.25) is 0 Å². The predicted octanol–water partition coefficient (Wildman–Crippen LogP) is 3.91. The Hall–Kier alpha value is -3.63. The first-order valence-electron chi connectivity index (χ1n) is 15.8. The van der Waals surface area contributed by atoms with E-state index in [-0.39, 0.29) is 48.1 Å². The number of para-hydroxylation sites is 1. The van der Waals surface area contributed by atoms with E-state index >= 15 is 0 Å². The van der Waals surface area contributed by atoms with Crippen molar-refractivity contribution in [2.24, 2.45) is 11.8 Å². The highest BCUT2D eigenvalue weighted by Crippen LogP contribution is 2.38. The quantitative estimate of drug-likeness (QED) is 0.314. The van der Waals surface area contributed by atoms with E-state index in [1.54, 1.807) is 32.4 Å². The minimum absolute atomic E-state index is 0.0182. The van der Waals surface area contributed by atoms with Crippen molar-refractivity contribution in [2.75, 3.05) is 58.9 Å². The van der Waals surface area contributed by atoms with Crippen LogP contribution in [-0.4, -0.2) is 93.2 Å². The van der Waals surface area contributed by atoms with Gasteiger partial charge in [-0.3, -0.25) is 14.4 Å². The second-order valence-electron chi connectivity index (χ2n) is 12.4. The van der Waals surface area contributed by atoms with Gasteiger partial charge in [-0.2, -0.15) is 0 Å². The fourth-order valence-corrected chi connectivity index (χ4v) is 6.36. The lowest BCUT2D eigenvalue weighted by atomic mass is 9.88. The van der Waals surface area contributed by atoms with E-state index in [1.807, 2.05) is 47.9 Å². The summed E-state index contributed by atoms with van der Waals surface area (Å²) < 4.78 is 16.5. The molecule has 10 heteroatoms. The third-order valence-corrected chi connectivity index (χ3v) is 8.96. The van der Waals surface area contributed by atoms with Gasteiger partial charge in [0.25, 0.3) is 5.91 Å². The number of methoxy groups -OCH3 is 2. The molecule has 2 fully saturated rings. The van der Waals surface area contributed by atoms with E-state index in [1.165, 1.54) is 0 Å². The van der Waals surface area contributed by atoms with Crippen molar-refractivity contribution < 1.29 is 28.6 Å². The molecule has 0 spiro atoms. The number of hydrogen-bond donors (Lipinski definition) is 2. The van der Waals surface area contributed by atoms with Crippen LogP contribution in [-0.2, 0) is 14.3 Å². The second-order valence-corrected chi connectivity index (χ2v) is 12.4. The fourth-order valence-electron chi connectivity index (χ4n) is 6.36. The molecule has 2 aromatic rings. The topological polar surface area (TPSA) is 109 Å². The largest absolute Gasteiger partial charge is 0.493 e. The Labute approximate surface area is 260 Å². The van der Waals surface area contributed by atoms with E-state index < -0.39 is 5.92 Å². The molecule has 0 aromatic heterocycles. The molecule has 1 saturated heterocycles. The molecule has 3 aliphatic rings. The molecule has 3 amide bonds. The van der Waals surface area contributed by atoms with Crippen molar-refractivity contribution in [3.05, 3.63) is 53.6 Å². The number of rotatable bonds is 14. The fraction of sp³-hybridized carbons (Fsp3) is 0.559. The van der Waals surface area contributed by atoms with Crippen LogP contribution in [0.25, 0.3) is 0 Å². The van der Waals surface area contributed by atoms with E-state index in [0.717, 1.165) is 43.6 Å². The normalized spacial score (nSPS) is 21.0. The molecule has 3 atom stereocenters. The summed E-state index contributed by atoms with van der Waals surface area (Å²) in [6.45, 7) is 7.86. The molecule has 0 radical (unpaired) electrons. The summed E-state index contributed by atoms with van der Waals surface area (Å²) in [5, 5.41) is 6.43. The Morgan fingerprint density at radius 2 is 1.73 bits per heavy atom. The van der Waals surface area contributed by atoms with Gasteiger partial charge in [-0.15, -0.1) is 0 Å². The zero-order valence-corrected chi connectivity index (χ0v) is 26.3. The Kier molecular flexibility index (Phi) is 10.4. The Bertz CT molecular complexity index is 1330. The number of hydrogen-bond acceptors (Lipinski definition) is 7. The van der Waals surface area contributed by atoms with Gasteiger partial charge in [0.2, 0.25) is 11.8 Å². The number of carbonyl (C=O) groups excluding carboxylic acids is 3. The van der Waals surface area contributed by atoms with Crippen molar-refractivity contribution in [2.45, 2.75) is 57.5 Å². The van der Waals surface area contributed by atoms with Crippen LogP contribution in [0.4, 0.5) is 5.69 Å². The molecule has 5 rings (SSSR count). The molecule has 2 heterocycles. The van der Waals surface area contributed by atoms with Gasteiger partial charge in [0.1, 0.15) is 0 Å². The third kappa shape index (κ3) is 7.35. The van der Waals surface area contributed by atoms with Crippen LogP contribution in [0.1, 0.15) is 61.4 Å². The summed E-state index contributed by atoms with van der Waals surface area (Å²) in [5.41, 5.74) is 2.17. The van der Waals surface area contributed by atoms with Gasteiger partial charge in [-0.05, 0) is 68.4 Å². The maximum Gasteiger partial charge on any atom is 0.254 e. The Morgan fingerprint density at radius 1 is 0.977 bits per heavy atom. The standard InChI is InChI=1S/C34H46N4O6/c1-22(2)37(33(40)23-10-13-30(43-4)31(16-23)44-15-7-14-42-3)20-24-18-35-19-25(24)21-38(26-11-12-26)34(41)28-17-32(39)36-29-9-6-5-8-27(28)29/h5-6,8-10,13,16,22,24-26,28,35H,7,11-12,14-15,17-21H2,1-4H3,(H,36,39)/t24-,25-,28?/m0/s1. The molecule has 2 N–H and O–H groups in total. The zero-order valence-electron chi connectivity index (χ0n) is 26.3. The van der Waals surface area contributed by atoms with E-state index in [2.05, 4.69) is 10.6 Å². The minimum atomic E-state index is -0.469. The monoisotopic (exact) mass is 606 g/mol. The highest BCUT2D eigenvalue weighted by molar-refractivity contribution is 6.01. The molecule has 2 aliphatic heterocycles. The van der Waals surface area contributed by atoms with Crippen LogP contribution >= 0.6 is 0 Å². The molecule has 0 bridgehead atoms. The lowest BCUT2D eigenvalue weighted by Gasteiger charge is -2.35. The van der Waals surface area contributed by atoms with Crippen LogP contribution in [0.15, 0.2) is 42.5 Å². The lowest BCUT2D eigenvalue weighted by Crippen LogP contribution is -2.46. The second kappa shape index (κ2) is 14.4. The first-order valence-corrected chi connectivity index (χ1v) is 15.8. The van der Waals surface area contributed by atoms with E-state index in [4.69, 9.17) is 14.2 Å². The molecule has 1 aliphatic carbocycles. The Balaban J connectivity index is 1.29. The van der Waals surface area contributed by atoms with E-state index in [0.29, 0.717) is 43.4 Å². The zero-order chi connectivity index (χ0) is 31.2.